The SMILES string of the molecule is NNc1ccc(C(=O)NCc2ccco2)cc1. The molecule has 0 radical (unpaired) electrons. The van der Waals surface area contributed by atoms with Gasteiger partial charge in [-0.2, -0.15) is 0 Å². The van der Waals surface area contributed by atoms with Crippen molar-refractivity contribution in [2.24, 2.45) is 5.84 Å². The first-order valence-corrected chi connectivity index (χ1v) is 5.17. The highest BCUT2D eigenvalue weighted by Gasteiger charge is 2.05. The Morgan fingerprint density at radius 2 is 2.00 bits per heavy atom. The maximum absolute atomic E-state index is 11.7. The zero-order valence-corrected chi connectivity index (χ0v) is 9.14. The smallest absolute Gasteiger partial charge is 0.251 e. The van der Waals surface area contributed by atoms with Crippen LogP contribution in [0.2, 0.25) is 0 Å². The molecule has 0 bridgehead atoms. The Kier molecular flexibility index (Phi) is 3.42. The first-order chi connectivity index (χ1) is 8.29. The molecule has 17 heavy (non-hydrogen) atoms. The van der Waals surface area contributed by atoms with E-state index in [1.165, 1.54) is 0 Å². The minimum Gasteiger partial charge on any atom is -0.467 e. The monoisotopic (exact) mass is 231 g/mol. The zero-order chi connectivity index (χ0) is 12.1. The molecule has 1 aromatic carbocycles. The fourth-order valence-electron chi connectivity index (χ4n) is 1.40. The van der Waals surface area contributed by atoms with E-state index in [4.69, 9.17) is 10.3 Å². The van der Waals surface area contributed by atoms with Gasteiger partial charge in [0.2, 0.25) is 0 Å². The summed E-state index contributed by atoms with van der Waals surface area (Å²) in [5, 5.41) is 2.75. The maximum Gasteiger partial charge on any atom is 0.251 e. The molecule has 1 heterocycles. The largest absolute Gasteiger partial charge is 0.467 e. The molecule has 2 rings (SSSR count). The highest BCUT2D eigenvalue weighted by Crippen LogP contribution is 2.08. The summed E-state index contributed by atoms with van der Waals surface area (Å²) in [5.74, 6) is 5.81. The Bertz CT molecular complexity index is 477. The van der Waals surface area contributed by atoms with Crippen molar-refractivity contribution in [1.29, 1.82) is 0 Å². The number of hydrazine groups is 1. The second kappa shape index (κ2) is 5.18. The van der Waals surface area contributed by atoms with Gasteiger partial charge in [-0.3, -0.25) is 10.6 Å². The van der Waals surface area contributed by atoms with Crippen LogP contribution in [0.5, 0.6) is 0 Å². The van der Waals surface area contributed by atoms with Gasteiger partial charge in [0.25, 0.3) is 5.91 Å². The molecule has 2 aromatic rings. The van der Waals surface area contributed by atoms with Crippen LogP contribution in [0.25, 0.3) is 0 Å². The number of nitrogens with two attached hydrogens (primary N) is 1. The van der Waals surface area contributed by atoms with Gasteiger partial charge >= 0.3 is 0 Å². The lowest BCUT2D eigenvalue weighted by Crippen LogP contribution is -2.22. The van der Waals surface area contributed by atoms with E-state index in [0.29, 0.717) is 12.1 Å². The fourth-order valence-corrected chi connectivity index (χ4v) is 1.40. The molecular formula is C12H13N3O2. The van der Waals surface area contributed by atoms with Crippen LogP contribution in [0.3, 0.4) is 0 Å². The summed E-state index contributed by atoms with van der Waals surface area (Å²) in [4.78, 5) is 11.7. The fraction of sp³-hybridized carbons (Fsp3) is 0.0833. The summed E-state index contributed by atoms with van der Waals surface area (Å²) in [6.07, 6.45) is 1.57. The number of hydrogen-bond acceptors (Lipinski definition) is 4. The molecule has 88 valence electrons. The minimum atomic E-state index is -0.148. The molecule has 5 nitrogen and oxygen atoms in total. The molecule has 1 amide bonds. The lowest BCUT2D eigenvalue weighted by Gasteiger charge is -2.04. The number of rotatable bonds is 4. The van der Waals surface area contributed by atoms with Gasteiger partial charge in [0.15, 0.2) is 0 Å². The quantitative estimate of drug-likeness (QED) is 0.550. The molecule has 0 unspecified atom stereocenters. The molecule has 5 heteroatoms. The van der Waals surface area contributed by atoms with Crippen LogP contribution >= 0.6 is 0 Å². The summed E-state index contributed by atoms with van der Waals surface area (Å²) in [6, 6.07) is 10.5. The number of nitrogens with one attached hydrogen (secondary N) is 2. The lowest BCUT2D eigenvalue weighted by molar-refractivity contribution is 0.0948. The number of anilines is 1. The van der Waals surface area contributed by atoms with Gasteiger partial charge in [0, 0.05) is 11.3 Å². The van der Waals surface area contributed by atoms with Crippen LogP contribution in [0.4, 0.5) is 5.69 Å². The van der Waals surface area contributed by atoms with Gasteiger partial charge in [-0.1, -0.05) is 0 Å². The van der Waals surface area contributed by atoms with E-state index >= 15 is 0 Å². The summed E-state index contributed by atoms with van der Waals surface area (Å²) in [6.45, 7) is 0.378. The number of carbonyl (C=O) groups is 1. The second-order valence-corrected chi connectivity index (χ2v) is 3.48. The van der Waals surface area contributed by atoms with E-state index in [2.05, 4.69) is 10.7 Å². The van der Waals surface area contributed by atoms with Crippen LogP contribution in [0.1, 0.15) is 16.1 Å². The van der Waals surface area contributed by atoms with Crippen LogP contribution < -0.4 is 16.6 Å². The van der Waals surface area contributed by atoms with Gasteiger partial charge in [0.05, 0.1) is 12.8 Å². The van der Waals surface area contributed by atoms with E-state index in [-0.39, 0.29) is 5.91 Å². The van der Waals surface area contributed by atoms with E-state index in [1.807, 2.05) is 6.07 Å². The summed E-state index contributed by atoms with van der Waals surface area (Å²) >= 11 is 0. The highest BCUT2D eigenvalue weighted by molar-refractivity contribution is 5.94. The Morgan fingerprint density at radius 3 is 2.59 bits per heavy atom. The molecule has 4 N–H and O–H groups in total. The molecule has 0 fully saturated rings. The average Bonchev–Trinajstić information content (AvgIpc) is 2.89. The van der Waals surface area contributed by atoms with Crippen LogP contribution in [0.15, 0.2) is 47.1 Å². The Balaban J connectivity index is 1.95. The lowest BCUT2D eigenvalue weighted by atomic mass is 10.2. The normalized spacial score (nSPS) is 9.94. The number of benzene rings is 1. The summed E-state index contributed by atoms with van der Waals surface area (Å²) in [7, 11) is 0. The molecule has 0 aliphatic carbocycles. The molecule has 0 aliphatic rings. The number of carbonyl (C=O) groups excluding carboxylic acids is 1. The first kappa shape index (κ1) is 11.2. The standard InChI is InChI=1S/C12H13N3O2/c13-15-10-5-3-9(4-6-10)12(16)14-8-11-2-1-7-17-11/h1-7,15H,8,13H2,(H,14,16). The van der Waals surface area contributed by atoms with Gasteiger partial charge in [-0.15, -0.1) is 0 Å². The molecular weight excluding hydrogens is 218 g/mol. The molecule has 0 aliphatic heterocycles. The van der Waals surface area contributed by atoms with E-state index in [1.54, 1.807) is 36.6 Å². The van der Waals surface area contributed by atoms with Crippen LogP contribution in [0, 0.1) is 0 Å². The van der Waals surface area contributed by atoms with E-state index < -0.39 is 0 Å². The predicted molar refractivity (Wildman–Crippen MR) is 64.1 cm³/mol. The predicted octanol–water partition coefficient (Wildman–Crippen LogP) is 1.50. The van der Waals surface area contributed by atoms with E-state index in [9.17, 15) is 4.79 Å². The summed E-state index contributed by atoms with van der Waals surface area (Å²) < 4.78 is 5.12. The van der Waals surface area contributed by atoms with Crippen molar-refractivity contribution in [3.05, 3.63) is 54.0 Å². The van der Waals surface area contributed by atoms with Gasteiger partial charge in [-0.25, -0.2) is 0 Å². The van der Waals surface area contributed by atoms with Crippen LogP contribution in [-0.2, 0) is 6.54 Å². The van der Waals surface area contributed by atoms with Crippen molar-refractivity contribution in [3.8, 4) is 0 Å². The first-order valence-electron chi connectivity index (χ1n) is 5.17. The number of furan rings is 1. The average molecular weight is 231 g/mol. The third-order valence-electron chi connectivity index (χ3n) is 2.32. The van der Waals surface area contributed by atoms with Crippen molar-refractivity contribution < 1.29 is 9.21 Å². The van der Waals surface area contributed by atoms with Gasteiger partial charge < -0.3 is 15.2 Å². The van der Waals surface area contributed by atoms with E-state index in [0.717, 1.165) is 11.4 Å². The molecule has 0 atom stereocenters. The Morgan fingerprint density at radius 1 is 1.24 bits per heavy atom. The highest BCUT2D eigenvalue weighted by atomic mass is 16.3. The van der Waals surface area contributed by atoms with Gasteiger partial charge in [0.1, 0.15) is 5.76 Å². The molecule has 0 saturated carbocycles. The van der Waals surface area contributed by atoms with Crippen molar-refractivity contribution in [2.45, 2.75) is 6.54 Å². The van der Waals surface area contributed by atoms with Crippen molar-refractivity contribution in [1.82, 2.24) is 5.32 Å². The number of amides is 1. The summed E-state index contributed by atoms with van der Waals surface area (Å²) in [5.41, 5.74) is 3.84. The van der Waals surface area contributed by atoms with Crippen molar-refractivity contribution in [2.75, 3.05) is 5.43 Å². The second-order valence-electron chi connectivity index (χ2n) is 3.48. The van der Waals surface area contributed by atoms with Gasteiger partial charge in [-0.05, 0) is 36.4 Å². The topological polar surface area (TPSA) is 80.3 Å². The molecule has 0 spiro atoms. The maximum atomic E-state index is 11.7. The number of nitrogen functional groups attached to an aromatic ring is 1. The molecule has 0 saturated heterocycles. The van der Waals surface area contributed by atoms with Crippen LogP contribution in [-0.4, -0.2) is 5.91 Å². The third-order valence-corrected chi connectivity index (χ3v) is 2.32. The Labute approximate surface area is 98.6 Å². The Hall–Kier alpha value is -2.27. The van der Waals surface area contributed by atoms with Crippen molar-refractivity contribution >= 4 is 11.6 Å². The van der Waals surface area contributed by atoms with Crippen molar-refractivity contribution in [3.63, 3.8) is 0 Å². The third kappa shape index (κ3) is 2.85. The number of hydrogen-bond donors (Lipinski definition) is 3. The zero-order valence-electron chi connectivity index (χ0n) is 9.14. The minimum absolute atomic E-state index is 0.148. The molecule has 1 aromatic heterocycles.